The second-order valence-electron chi connectivity index (χ2n) is 8.67. The number of carbonyl (C=O) groups excluding carboxylic acids is 1. The fourth-order valence-corrected chi connectivity index (χ4v) is 6.06. The van der Waals surface area contributed by atoms with Crippen molar-refractivity contribution >= 4 is 29.2 Å². The Morgan fingerprint density at radius 3 is 2.62 bits per heavy atom. The monoisotopic (exact) mass is 429 g/mol. The first-order chi connectivity index (χ1) is 14.0. The van der Waals surface area contributed by atoms with E-state index in [9.17, 15) is 4.79 Å². The highest BCUT2D eigenvalue weighted by atomic mass is 35.5. The van der Waals surface area contributed by atoms with Crippen molar-refractivity contribution in [3.8, 4) is 0 Å². The number of hydrogen-bond acceptors (Lipinski definition) is 2. The lowest BCUT2D eigenvalue weighted by Gasteiger charge is -2.68. The highest BCUT2D eigenvalue weighted by Gasteiger charge is 2.68. The number of piperidine rings is 1. The number of hydrogen-bond donors (Lipinski definition) is 2. The molecule has 2 saturated carbocycles. The summed E-state index contributed by atoms with van der Waals surface area (Å²) in [6, 6.07) is 17.6. The summed E-state index contributed by atoms with van der Waals surface area (Å²) in [4.78, 5) is 15.1. The highest BCUT2D eigenvalue weighted by molar-refractivity contribution is 6.42. The van der Waals surface area contributed by atoms with Gasteiger partial charge in [0.25, 0.3) is 0 Å². The molecule has 4 unspecified atom stereocenters. The van der Waals surface area contributed by atoms with Crippen molar-refractivity contribution in [2.24, 2.45) is 5.41 Å². The summed E-state index contributed by atoms with van der Waals surface area (Å²) in [5, 5.41) is 7.18. The molecule has 2 aliphatic carbocycles. The topological polar surface area (TPSA) is 44.4 Å². The van der Waals surface area contributed by atoms with Crippen LogP contribution in [0.2, 0.25) is 10.0 Å². The van der Waals surface area contributed by atoms with E-state index in [-0.39, 0.29) is 12.1 Å². The molecule has 3 aliphatic rings. The number of halogens is 2. The summed E-state index contributed by atoms with van der Waals surface area (Å²) < 4.78 is 0. The molecule has 152 valence electrons. The maximum absolute atomic E-state index is 12.4. The van der Waals surface area contributed by atoms with Crippen LogP contribution in [-0.4, -0.2) is 29.1 Å². The van der Waals surface area contributed by atoms with Crippen molar-refractivity contribution in [3.05, 3.63) is 69.7 Å². The molecule has 29 heavy (non-hydrogen) atoms. The van der Waals surface area contributed by atoms with Crippen molar-refractivity contribution in [3.63, 3.8) is 0 Å². The Bertz CT molecular complexity index is 922. The van der Waals surface area contributed by atoms with E-state index in [4.69, 9.17) is 23.2 Å². The van der Waals surface area contributed by atoms with Gasteiger partial charge in [0.1, 0.15) is 0 Å². The zero-order valence-corrected chi connectivity index (χ0v) is 17.7. The SMILES string of the molecule is O=C(NCc1ccc(Cl)c(Cl)c1)NC1CC2N(Cc3ccccc3)C3CCC32C1. The lowest BCUT2D eigenvalue weighted by molar-refractivity contribution is -0.193. The third-order valence-electron chi connectivity index (χ3n) is 7.13. The van der Waals surface area contributed by atoms with Gasteiger partial charge in [0.2, 0.25) is 0 Å². The number of likely N-dealkylation sites (tertiary alicyclic amines) is 1. The predicted octanol–water partition coefficient (Wildman–Crippen LogP) is 4.99. The van der Waals surface area contributed by atoms with Crippen molar-refractivity contribution in [1.29, 1.82) is 0 Å². The van der Waals surface area contributed by atoms with Gasteiger partial charge in [-0.1, -0.05) is 59.6 Å². The Balaban J connectivity index is 1.15. The van der Waals surface area contributed by atoms with Gasteiger partial charge in [-0.25, -0.2) is 4.79 Å². The fourth-order valence-electron chi connectivity index (χ4n) is 5.74. The molecule has 5 rings (SSSR count). The summed E-state index contributed by atoms with van der Waals surface area (Å²) in [6.45, 7) is 1.46. The standard InChI is InChI=1S/C23H25Cl2N3O/c24-18-7-6-16(10-19(18)25)13-26-22(29)27-17-11-21-23(12-17)9-8-20(23)28(21)14-15-4-2-1-3-5-15/h1-7,10,17,20-21H,8-9,11-14H2,(H2,26,27,29). The Hall–Kier alpha value is -1.75. The molecule has 3 fully saturated rings. The summed E-state index contributed by atoms with van der Waals surface area (Å²) in [7, 11) is 0. The lowest BCUT2D eigenvalue weighted by Crippen LogP contribution is -2.74. The number of benzene rings is 2. The zero-order chi connectivity index (χ0) is 20.0. The molecule has 2 amide bonds. The third-order valence-corrected chi connectivity index (χ3v) is 7.86. The molecule has 6 heteroatoms. The van der Waals surface area contributed by atoms with Crippen molar-refractivity contribution in [1.82, 2.24) is 15.5 Å². The van der Waals surface area contributed by atoms with Crippen LogP contribution in [0.3, 0.4) is 0 Å². The molecule has 1 spiro atoms. The van der Waals surface area contributed by atoms with Crippen LogP contribution in [0, 0.1) is 5.41 Å². The van der Waals surface area contributed by atoms with E-state index in [1.807, 2.05) is 6.07 Å². The summed E-state index contributed by atoms with van der Waals surface area (Å²) in [6.07, 6.45) is 4.74. The highest BCUT2D eigenvalue weighted by Crippen LogP contribution is 2.65. The largest absolute Gasteiger partial charge is 0.335 e. The van der Waals surface area contributed by atoms with Crippen LogP contribution in [0.5, 0.6) is 0 Å². The Kier molecular flexibility index (Phi) is 4.97. The molecule has 1 saturated heterocycles. The number of amides is 2. The minimum atomic E-state index is -0.107. The van der Waals surface area contributed by atoms with E-state index < -0.39 is 0 Å². The number of rotatable bonds is 5. The van der Waals surface area contributed by atoms with Gasteiger partial charge < -0.3 is 10.6 Å². The van der Waals surface area contributed by atoms with Gasteiger partial charge in [-0.15, -0.1) is 0 Å². The number of urea groups is 1. The van der Waals surface area contributed by atoms with Gasteiger partial charge in [0.05, 0.1) is 10.0 Å². The normalized spacial score (nSPS) is 29.9. The average Bonchev–Trinajstić information content (AvgIpc) is 3.07. The van der Waals surface area contributed by atoms with Crippen molar-refractivity contribution in [2.45, 2.75) is 56.9 Å². The molecule has 1 heterocycles. The second-order valence-corrected chi connectivity index (χ2v) is 9.49. The summed E-state index contributed by atoms with van der Waals surface area (Å²) >= 11 is 12.0. The van der Waals surface area contributed by atoms with Gasteiger partial charge in [-0.2, -0.15) is 0 Å². The molecule has 4 atom stereocenters. The quantitative estimate of drug-likeness (QED) is 0.702. The maximum Gasteiger partial charge on any atom is 0.315 e. The summed E-state index contributed by atoms with van der Waals surface area (Å²) in [5.41, 5.74) is 2.76. The van der Waals surface area contributed by atoms with Gasteiger partial charge in [-0.3, -0.25) is 4.90 Å². The zero-order valence-electron chi connectivity index (χ0n) is 16.2. The molecule has 4 nitrogen and oxygen atoms in total. The van der Waals surface area contributed by atoms with E-state index in [0.717, 1.165) is 24.9 Å². The van der Waals surface area contributed by atoms with Crippen molar-refractivity contribution in [2.75, 3.05) is 0 Å². The van der Waals surface area contributed by atoms with Gasteiger partial charge in [0, 0.05) is 36.6 Å². The van der Waals surface area contributed by atoms with E-state index in [0.29, 0.717) is 34.1 Å². The molecular weight excluding hydrogens is 405 g/mol. The average molecular weight is 430 g/mol. The molecule has 2 aromatic rings. The first kappa shape index (κ1) is 19.2. The number of nitrogens with one attached hydrogen (secondary N) is 2. The summed E-state index contributed by atoms with van der Waals surface area (Å²) in [5.74, 6) is 0. The second kappa shape index (κ2) is 7.50. The van der Waals surface area contributed by atoms with E-state index in [2.05, 4.69) is 45.9 Å². The van der Waals surface area contributed by atoms with Gasteiger partial charge >= 0.3 is 6.03 Å². The maximum atomic E-state index is 12.4. The van der Waals surface area contributed by atoms with E-state index in [1.165, 1.54) is 18.4 Å². The van der Waals surface area contributed by atoms with Crippen LogP contribution in [0.4, 0.5) is 4.79 Å². The van der Waals surface area contributed by atoms with E-state index in [1.54, 1.807) is 12.1 Å². The minimum Gasteiger partial charge on any atom is -0.335 e. The molecule has 0 radical (unpaired) electrons. The predicted molar refractivity (Wildman–Crippen MR) is 116 cm³/mol. The van der Waals surface area contributed by atoms with Crippen LogP contribution in [0.15, 0.2) is 48.5 Å². The molecule has 2 aromatic carbocycles. The minimum absolute atomic E-state index is 0.107. The van der Waals surface area contributed by atoms with Crippen LogP contribution in [0.1, 0.15) is 36.8 Å². The number of carbonyl (C=O) groups is 1. The molecule has 0 bridgehead atoms. The number of nitrogens with zero attached hydrogens (tertiary/aromatic N) is 1. The van der Waals surface area contributed by atoms with E-state index >= 15 is 0 Å². The Morgan fingerprint density at radius 2 is 1.90 bits per heavy atom. The van der Waals surface area contributed by atoms with Gasteiger partial charge in [-0.05, 0) is 48.9 Å². The molecular formula is C23H25Cl2N3O. The molecule has 2 N–H and O–H groups in total. The third kappa shape index (κ3) is 3.41. The first-order valence-electron chi connectivity index (χ1n) is 10.3. The molecule has 1 aliphatic heterocycles. The van der Waals surface area contributed by atoms with Crippen LogP contribution in [-0.2, 0) is 13.1 Å². The van der Waals surface area contributed by atoms with Crippen LogP contribution in [0.25, 0.3) is 0 Å². The van der Waals surface area contributed by atoms with Gasteiger partial charge in [0.15, 0.2) is 0 Å². The fraction of sp³-hybridized carbons (Fsp3) is 0.435. The first-order valence-corrected chi connectivity index (χ1v) is 11.1. The van der Waals surface area contributed by atoms with Crippen LogP contribution >= 0.6 is 23.2 Å². The Labute approximate surface area is 181 Å². The van der Waals surface area contributed by atoms with Crippen molar-refractivity contribution < 1.29 is 4.79 Å². The van der Waals surface area contributed by atoms with Crippen LogP contribution < -0.4 is 10.6 Å². The lowest BCUT2D eigenvalue weighted by atomic mass is 9.53. The Morgan fingerprint density at radius 1 is 1.07 bits per heavy atom. The smallest absolute Gasteiger partial charge is 0.315 e. The molecule has 0 aromatic heterocycles.